The minimum atomic E-state index is -0.379. The van der Waals surface area contributed by atoms with Crippen molar-refractivity contribution in [3.05, 3.63) is 29.8 Å². The zero-order chi connectivity index (χ0) is 19.2. The molecule has 2 fully saturated rings. The molecule has 3 rings (SSSR count). The number of benzene rings is 1. The fraction of sp³-hybridized carbons (Fsp3) is 0.619. The molecular weight excluding hydrogens is 342 g/mol. The number of hydrogen-bond donors (Lipinski definition) is 2. The number of rotatable bonds is 7. The molecule has 0 radical (unpaired) electrons. The Morgan fingerprint density at radius 2 is 1.96 bits per heavy atom. The number of carbonyl (C=O) groups excluding carboxylic acids is 2. The van der Waals surface area contributed by atoms with Crippen molar-refractivity contribution in [3.63, 3.8) is 0 Å². The van der Waals surface area contributed by atoms with Gasteiger partial charge in [-0.2, -0.15) is 0 Å². The van der Waals surface area contributed by atoms with Crippen LogP contribution in [-0.4, -0.2) is 49.5 Å². The maximum Gasteiger partial charge on any atom is 0.245 e. The number of amides is 2. The zero-order valence-corrected chi connectivity index (χ0v) is 16.4. The van der Waals surface area contributed by atoms with Gasteiger partial charge in [0.05, 0.1) is 7.11 Å². The Bertz CT molecular complexity index is 641. The number of hydrogen-bond acceptors (Lipinski definition) is 4. The maximum atomic E-state index is 12.6. The van der Waals surface area contributed by atoms with Crippen LogP contribution in [0.5, 0.6) is 5.75 Å². The largest absolute Gasteiger partial charge is 0.497 e. The van der Waals surface area contributed by atoms with E-state index >= 15 is 0 Å². The smallest absolute Gasteiger partial charge is 0.245 e. The molecule has 2 aliphatic rings. The molecule has 2 unspecified atom stereocenters. The third-order valence-electron chi connectivity index (χ3n) is 5.86. The van der Waals surface area contributed by atoms with E-state index in [1.54, 1.807) is 7.11 Å². The minimum Gasteiger partial charge on any atom is -0.497 e. The predicted molar refractivity (Wildman–Crippen MR) is 104 cm³/mol. The summed E-state index contributed by atoms with van der Waals surface area (Å²) in [5, 5.41) is 6.33. The molecule has 2 heterocycles. The van der Waals surface area contributed by atoms with Gasteiger partial charge in [0.15, 0.2) is 0 Å². The molecule has 6 heteroatoms. The van der Waals surface area contributed by atoms with Crippen molar-refractivity contribution in [2.45, 2.75) is 45.2 Å². The summed E-state index contributed by atoms with van der Waals surface area (Å²) in [6.45, 7) is 5.48. The first kappa shape index (κ1) is 19.7. The highest BCUT2D eigenvalue weighted by atomic mass is 16.5. The van der Waals surface area contributed by atoms with E-state index in [-0.39, 0.29) is 17.9 Å². The summed E-state index contributed by atoms with van der Waals surface area (Å²) in [5.41, 5.74) is 1.07. The van der Waals surface area contributed by atoms with E-state index in [4.69, 9.17) is 4.74 Å². The Labute approximate surface area is 161 Å². The van der Waals surface area contributed by atoms with E-state index in [0.29, 0.717) is 37.8 Å². The molecule has 2 saturated heterocycles. The molecular formula is C21H31N3O3. The monoisotopic (exact) mass is 373 g/mol. The highest BCUT2D eigenvalue weighted by Gasteiger charge is 2.33. The van der Waals surface area contributed by atoms with Gasteiger partial charge in [-0.15, -0.1) is 0 Å². The summed E-state index contributed by atoms with van der Waals surface area (Å²) in [5.74, 6) is 1.79. The number of piperidine rings is 1. The highest BCUT2D eigenvalue weighted by Crippen LogP contribution is 2.24. The van der Waals surface area contributed by atoms with Crippen molar-refractivity contribution in [3.8, 4) is 5.75 Å². The second kappa shape index (κ2) is 9.22. The van der Waals surface area contributed by atoms with Crippen molar-refractivity contribution < 1.29 is 14.3 Å². The standard InChI is InChI=1S/C21H31N3O3/c1-15(17-7-10-22-11-8-17)13-20(25)23-19-9-12-24(21(19)26)14-16-3-5-18(27-2)6-4-16/h3-6,15,17,19,22H,7-14H2,1-2H3,(H,23,25). The van der Waals surface area contributed by atoms with Crippen molar-refractivity contribution >= 4 is 11.8 Å². The molecule has 0 aromatic heterocycles. The molecule has 1 aromatic rings. The van der Waals surface area contributed by atoms with Gasteiger partial charge in [-0.1, -0.05) is 19.1 Å². The van der Waals surface area contributed by atoms with Gasteiger partial charge in [-0.3, -0.25) is 9.59 Å². The lowest BCUT2D eigenvalue weighted by Crippen LogP contribution is -2.42. The average molecular weight is 373 g/mol. The van der Waals surface area contributed by atoms with Crippen LogP contribution in [0, 0.1) is 11.8 Å². The summed E-state index contributed by atoms with van der Waals surface area (Å²) in [4.78, 5) is 26.9. The SMILES string of the molecule is COc1ccc(CN2CCC(NC(=O)CC(C)C3CCNCC3)C2=O)cc1. The summed E-state index contributed by atoms with van der Waals surface area (Å²) in [6, 6.07) is 7.36. The summed E-state index contributed by atoms with van der Waals surface area (Å²) in [6.07, 6.45) is 3.45. The van der Waals surface area contributed by atoms with Crippen LogP contribution in [-0.2, 0) is 16.1 Å². The number of nitrogens with one attached hydrogen (secondary N) is 2. The van der Waals surface area contributed by atoms with Crippen LogP contribution in [0.2, 0.25) is 0 Å². The normalized spacial score (nSPS) is 21.9. The number of ether oxygens (including phenoxy) is 1. The summed E-state index contributed by atoms with van der Waals surface area (Å²) in [7, 11) is 1.64. The van der Waals surface area contributed by atoms with Crippen molar-refractivity contribution in [2.24, 2.45) is 11.8 Å². The molecule has 6 nitrogen and oxygen atoms in total. The molecule has 2 aliphatic heterocycles. The van der Waals surface area contributed by atoms with E-state index in [1.165, 1.54) is 0 Å². The van der Waals surface area contributed by atoms with Gasteiger partial charge < -0.3 is 20.3 Å². The van der Waals surface area contributed by atoms with E-state index < -0.39 is 0 Å². The van der Waals surface area contributed by atoms with Gasteiger partial charge >= 0.3 is 0 Å². The van der Waals surface area contributed by atoms with E-state index in [0.717, 1.165) is 37.2 Å². The molecule has 2 amide bonds. The highest BCUT2D eigenvalue weighted by molar-refractivity contribution is 5.89. The Hall–Kier alpha value is -2.08. The third-order valence-corrected chi connectivity index (χ3v) is 5.86. The lowest BCUT2D eigenvalue weighted by molar-refractivity contribution is -0.133. The Kier molecular flexibility index (Phi) is 6.72. The molecule has 0 saturated carbocycles. The molecule has 0 aliphatic carbocycles. The Morgan fingerprint density at radius 3 is 2.63 bits per heavy atom. The second-order valence-corrected chi connectivity index (χ2v) is 7.79. The van der Waals surface area contributed by atoms with Gasteiger partial charge in [-0.05, 0) is 61.9 Å². The molecule has 2 atom stereocenters. The second-order valence-electron chi connectivity index (χ2n) is 7.79. The van der Waals surface area contributed by atoms with Crippen molar-refractivity contribution in [2.75, 3.05) is 26.7 Å². The first-order valence-corrected chi connectivity index (χ1v) is 9.98. The zero-order valence-electron chi connectivity index (χ0n) is 16.4. The lowest BCUT2D eigenvalue weighted by atomic mass is 9.84. The Balaban J connectivity index is 1.46. The van der Waals surface area contributed by atoms with Crippen LogP contribution in [0.4, 0.5) is 0 Å². The quantitative estimate of drug-likeness (QED) is 0.766. The van der Waals surface area contributed by atoms with Crippen LogP contribution in [0.25, 0.3) is 0 Å². The van der Waals surface area contributed by atoms with E-state index in [9.17, 15) is 9.59 Å². The van der Waals surface area contributed by atoms with Gasteiger partial charge in [-0.25, -0.2) is 0 Å². The molecule has 2 N–H and O–H groups in total. The average Bonchev–Trinajstić information content (AvgIpc) is 3.02. The minimum absolute atomic E-state index is 0.00526. The molecule has 1 aromatic carbocycles. The lowest BCUT2D eigenvalue weighted by Gasteiger charge is -2.28. The molecule has 148 valence electrons. The predicted octanol–water partition coefficient (Wildman–Crippen LogP) is 1.94. The third kappa shape index (κ3) is 5.22. The van der Waals surface area contributed by atoms with E-state index in [1.807, 2.05) is 29.2 Å². The number of nitrogens with zero attached hydrogens (tertiary/aromatic N) is 1. The summed E-state index contributed by atoms with van der Waals surface area (Å²) < 4.78 is 5.16. The van der Waals surface area contributed by atoms with Gasteiger partial charge in [0.25, 0.3) is 0 Å². The first-order chi connectivity index (χ1) is 13.1. The molecule has 0 bridgehead atoms. The van der Waals surface area contributed by atoms with Crippen LogP contribution < -0.4 is 15.4 Å². The number of likely N-dealkylation sites (tertiary alicyclic amines) is 1. The van der Waals surface area contributed by atoms with Gasteiger partial charge in [0.2, 0.25) is 11.8 Å². The van der Waals surface area contributed by atoms with Gasteiger partial charge in [0, 0.05) is 19.5 Å². The molecule has 27 heavy (non-hydrogen) atoms. The summed E-state index contributed by atoms with van der Waals surface area (Å²) >= 11 is 0. The fourth-order valence-electron chi connectivity index (χ4n) is 4.11. The molecule has 0 spiro atoms. The fourth-order valence-corrected chi connectivity index (χ4v) is 4.11. The number of carbonyl (C=O) groups is 2. The topological polar surface area (TPSA) is 70.7 Å². The van der Waals surface area contributed by atoms with E-state index in [2.05, 4.69) is 17.6 Å². The number of methoxy groups -OCH3 is 1. The first-order valence-electron chi connectivity index (χ1n) is 9.98. The van der Waals surface area contributed by atoms with Crippen LogP contribution in [0.15, 0.2) is 24.3 Å². The Morgan fingerprint density at radius 1 is 1.26 bits per heavy atom. The van der Waals surface area contributed by atoms with Gasteiger partial charge in [0.1, 0.15) is 11.8 Å². The van der Waals surface area contributed by atoms with Crippen LogP contribution in [0.3, 0.4) is 0 Å². The van der Waals surface area contributed by atoms with Crippen molar-refractivity contribution in [1.82, 2.24) is 15.5 Å². The van der Waals surface area contributed by atoms with Crippen LogP contribution >= 0.6 is 0 Å². The van der Waals surface area contributed by atoms with Crippen LogP contribution in [0.1, 0.15) is 38.2 Å². The maximum absolute atomic E-state index is 12.6. The van der Waals surface area contributed by atoms with Crippen molar-refractivity contribution in [1.29, 1.82) is 0 Å².